The number of hydrogen-bond acceptors (Lipinski definition) is 5. The molecule has 7 nitrogen and oxygen atoms in total. The lowest BCUT2D eigenvalue weighted by atomic mass is 9.85. The Morgan fingerprint density at radius 3 is 2.54 bits per heavy atom. The van der Waals surface area contributed by atoms with Crippen molar-refractivity contribution in [3.8, 4) is 5.75 Å². The highest BCUT2D eigenvalue weighted by molar-refractivity contribution is 5.85. The minimum absolute atomic E-state index is 0. The number of nitro groups is 1. The van der Waals surface area contributed by atoms with Gasteiger partial charge in [-0.1, -0.05) is 6.92 Å². The average Bonchev–Trinajstić information content (AvgIpc) is 2.69. The molecular formula is C20H30ClN3O4. The molecule has 0 aliphatic carbocycles. The number of nitrogens with zero attached hydrogens (tertiary/aromatic N) is 2. The number of amides is 1. The molecule has 0 saturated carbocycles. The molecule has 28 heavy (non-hydrogen) atoms. The number of nitrogens with one attached hydrogen (secondary N) is 1. The molecule has 2 aliphatic heterocycles. The maximum atomic E-state index is 12.6. The molecule has 2 atom stereocenters. The highest BCUT2D eigenvalue weighted by atomic mass is 35.5. The maximum absolute atomic E-state index is 12.6. The van der Waals surface area contributed by atoms with Gasteiger partial charge in [-0.05, 0) is 49.9 Å². The minimum atomic E-state index is -0.418. The summed E-state index contributed by atoms with van der Waals surface area (Å²) in [7, 11) is 0. The molecule has 0 radical (unpaired) electrons. The summed E-state index contributed by atoms with van der Waals surface area (Å²) >= 11 is 0. The van der Waals surface area contributed by atoms with Crippen molar-refractivity contribution in [1.29, 1.82) is 0 Å². The molecule has 1 aromatic rings. The van der Waals surface area contributed by atoms with E-state index >= 15 is 0 Å². The number of non-ortho nitro benzene ring substituents is 1. The number of piperidine rings is 2. The van der Waals surface area contributed by atoms with Crippen LogP contribution in [0.2, 0.25) is 0 Å². The molecule has 1 aromatic carbocycles. The van der Waals surface area contributed by atoms with E-state index in [0.29, 0.717) is 37.1 Å². The standard InChI is InChI=1S/C20H29N3O4.ClH/c1-15(16-3-2-10-21-14-16)13-20(24)22-11-8-19(9-12-22)27-18-6-4-17(5-7-18)23(25)26;/h4-7,15-16,19,21H,2-3,8-14H2,1H3;1H. The largest absolute Gasteiger partial charge is 0.490 e. The lowest BCUT2D eigenvalue weighted by molar-refractivity contribution is -0.384. The zero-order chi connectivity index (χ0) is 19.2. The van der Waals surface area contributed by atoms with Crippen molar-refractivity contribution in [2.45, 2.75) is 45.1 Å². The topological polar surface area (TPSA) is 84.7 Å². The molecular weight excluding hydrogens is 382 g/mol. The zero-order valence-electron chi connectivity index (χ0n) is 16.3. The van der Waals surface area contributed by atoms with Crippen LogP contribution in [0.25, 0.3) is 0 Å². The van der Waals surface area contributed by atoms with Gasteiger partial charge in [-0.25, -0.2) is 0 Å². The third kappa shape index (κ3) is 6.07. The van der Waals surface area contributed by atoms with Gasteiger partial charge in [0.1, 0.15) is 11.9 Å². The van der Waals surface area contributed by atoms with E-state index in [-0.39, 0.29) is 30.1 Å². The number of nitro benzene ring substituents is 1. The van der Waals surface area contributed by atoms with Gasteiger partial charge in [0.15, 0.2) is 0 Å². The maximum Gasteiger partial charge on any atom is 0.269 e. The number of hydrogen-bond donors (Lipinski definition) is 1. The van der Waals surface area contributed by atoms with Crippen LogP contribution in [-0.2, 0) is 4.79 Å². The predicted octanol–water partition coefficient (Wildman–Crippen LogP) is 3.41. The lowest BCUT2D eigenvalue weighted by Gasteiger charge is -2.34. The Morgan fingerprint density at radius 1 is 1.29 bits per heavy atom. The number of rotatable bonds is 6. The van der Waals surface area contributed by atoms with Crippen molar-refractivity contribution in [1.82, 2.24) is 10.2 Å². The summed E-state index contributed by atoms with van der Waals surface area (Å²) in [6.07, 6.45) is 4.68. The van der Waals surface area contributed by atoms with E-state index in [1.807, 2.05) is 4.90 Å². The van der Waals surface area contributed by atoms with Gasteiger partial charge in [-0.15, -0.1) is 12.4 Å². The van der Waals surface area contributed by atoms with E-state index in [2.05, 4.69) is 12.2 Å². The highest BCUT2D eigenvalue weighted by Gasteiger charge is 2.27. The van der Waals surface area contributed by atoms with Gasteiger partial charge >= 0.3 is 0 Å². The van der Waals surface area contributed by atoms with Crippen molar-refractivity contribution in [2.75, 3.05) is 26.2 Å². The molecule has 1 N–H and O–H groups in total. The summed E-state index contributed by atoms with van der Waals surface area (Å²) < 4.78 is 5.93. The van der Waals surface area contributed by atoms with Gasteiger partial charge < -0.3 is 15.0 Å². The van der Waals surface area contributed by atoms with Gasteiger partial charge in [0.05, 0.1) is 4.92 Å². The first-order chi connectivity index (χ1) is 13.0. The zero-order valence-corrected chi connectivity index (χ0v) is 17.2. The van der Waals surface area contributed by atoms with Crippen LogP contribution >= 0.6 is 12.4 Å². The van der Waals surface area contributed by atoms with Gasteiger partial charge in [0.2, 0.25) is 5.91 Å². The van der Waals surface area contributed by atoms with Crippen LogP contribution in [0.4, 0.5) is 5.69 Å². The van der Waals surface area contributed by atoms with E-state index in [9.17, 15) is 14.9 Å². The second kappa shape index (κ2) is 10.6. The SMILES string of the molecule is CC(CC(=O)N1CCC(Oc2ccc([N+](=O)[O-])cc2)CC1)C1CCCNC1.Cl. The Bertz CT molecular complexity index is 641. The second-order valence-electron chi connectivity index (χ2n) is 7.74. The van der Waals surface area contributed by atoms with E-state index in [1.54, 1.807) is 12.1 Å². The third-order valence-corrected chi connectivity index (χ3v) is 5.78. The van der Waals surface area contributed by atoms with E-state index in [1.165, 1.54) is 25.0 Å². The molecule has 2 heterocycles. The Kier molecular flexibility index (Phi) is 8.51. The molecule has 0 bridgehead atoms. The number of halogens is 1. The quantitative estimate of drug-likeness (QED) is 0.572. The first-order valence-electron chi connectivity index (χ1n) is 9.92. The van der Waals surface area contributed by atoms with Crippen molar-refractivity contribution in [3.05, 3.63) is 34.4 Å². The first kappa shape index (κ1) is 22.4. The molecule has 0 aromatic heterocycles. The summed E-state index contributed by atoms with van der Waals surface area (Å²) in [6.45, 7) is 5.75. The summed E-state index contributed by atoms with van der Waals surface area (Å²) in [4.78, 5) is 24.9. The van der Waals surface area contributed by atoms with Gasteiger partial charge in [-0.2, -0.15) is 0 Å². The van der Waals surface area contributed by atoms with Crippen molar-refractivity contribution >= 4 is 24.0 Å². The van der Waals surface area contributed by atoms with Crippen LogP contribution in [0, 0.1) is 22.0 Å². The minimum Gasteiger partial charge on any atom is -0.490 e. The van der Waals surface area contributed by atoms with Gasteiger partial charge in [0.25, 0.3) is 5.69 Å². The fourth-order valence-electron chi connectivity index (χ4n) is 4.00. The number of benzene rings is 1. The van der Waals surface area contributed by atoms with Crippen LogP contribution < -0.4 is 10.1 Å². The molecule has 2 aliphatic rings. The van der Waals surface area contributed by atoms with Gasteiger partial charge in [0, 0.05) is 44.5 Å². The Morgan fingerprint density at radius 2 is 1.96 bits per heavy atom. The van der Waals surface area contributed by atoms with Crippen LogP contribution in [0.1, 0.15) is 39.0 Å². The second-order valence-corrected chi connectivity index (χ2v) is 7.74. The monoisotopic (exact) mass is 411 g/mol. The van der Waals surface area contributed by atoms with Crippen LogP contribution in [0.15, 0.2) is 24.3 Å². The lowest BCUT2D eigenvalue weighted by Crippen LogP contribution is -2.43. The number of carbonyl (C=O) groups excluding carboxylic acids is 1. The predicted molar refractivity (Wildman–Crippen MR) is 110 cm³/mol. The molecule has 8 heteroatoms. The molecule has 156 valence electrons. The number of carbonyl (C=O) groups is 1. The Balaban J connectivity index is 0.00000280. The summed E-state index contributed by atoms with van der Waals surface area (Å²) in [6, 6.07) is 6.18. The highest BCUT2D eigenvalue weighted by Crippen LogP contribution is 2.25. The van der Waals surface area contributed by atoms with Crippen molar-refractivity contribution < 1.29 is 14.5 Å². The number of likely N-dealkylation sites (tertiary alicyclic amines) is 1. The van der Waals surface area contributed by atoms with Crippen LogP contribution in [0.3, 0.4) is 0 Å². The molecule has 0 spiro atoms. The van der Waals surface area contributed by atoms with E-state index < -0.39 is 4.92 Å². The third-order valence-electron chi connectivity index (χ3n) is 5.78. The number of ether oxygens (including phenoxy) is 1. The summed E-state index contributed by atoms with van der Waals surface area (Å²) in [5, 5.41) is 14.1. The van der Waals surface area contributed by atoms with Gasteiger partial charge in [-0.3, -0.25) is 14.9 Å². The van der Waals surface area contributed by atoms with Crippen LogP contribution in [-0.4, -0.2) is 48.0 Å². The normalized spacial score (nSPS) is 21.5. The molecule has 2 unspecified atom stereocenters. The fraction of sp³-hybridized carbons (Fsp3) is 0.650. The smallest absolute Gasteiger partial charge is 0.269 e. The van der Waals surface area contributed by atoms with E-state index in [4.69, 9.17) is 4.74 Å². The van der Waals surface area contributed by atoms with E-state index in [0.717, 1.165) is 25.9 Å². The summed E-state index contributed by atoms with van der Waals surface area (Å²) in [5.74, 6) is 1.91. The molecule has 2 saturated heterocycles. The Hall–Kier alpha value is -1.86. The average molecular weight is 412 g/mol. The summed E-state index contributed by atoms with van der Waals surface area (Å²) in [5.41, 5.74) is 0.0602. The van der Waals surface area contributed by atoms with Crippen molar-refractivity contribution in [2.24, 2.45) is 11.8 Å². The van der Waals surface area contributed by atoms with Crippen LogP contribution in [0.5, 0.6) is 5.75 Å². The molecule has 2 fully saturated rings. The first-order valence-corrected chi connectivity index (χ1v) is 9.92. The Labute approximate surface area is 172 Å². The fourth-order valence-corrected chi connectivity index (χ4v) is 4.00. The molecule has 1 amide bonds. The van der Waals surface area contributed by atoms with Crippen molar-refractivity contribution in [3.63, 3.8) is 0 Å². The molecule has 3 rings (SSSR count).